The number of aromatic nitrogens is 2. The van der Waals surface area contributed by atoms with E-state index in [1.54, 1.807) is 7.11 Å². The van der Waals surface area contributed by atoms with Gasteiger partial charge in [-0.05, 0) is 25.3 Å². The summed E-state index contributed by atoms with van der Waals surface area (Å²) in [5, 5.41) is 3.42. The van der Waals surface area contributed by atoms with Crippen LogP contribution < -0.4 is 15.8 Å². The Morgan fingerprint density at radius 2 is 2.06 bits per heavy atom. The highest BCUT2D eigenvalue weighted by atomic mass is 16.5. The van der Waals surface area contributed by atoms with E-state index in [0.717, 1.165) is 12.2 Å². The van der Waals surface area contributed by atoms with Crippen molar-refractivity contribution in [1.82, 2.24) is 9.97 Å². The molecule has 0 radical (unpaired) electrons. The van der Waals surface area contributed by atoms with Crippen molar-refractivity contribution < 1.29 is 4.74 Å². The van der Waals surface area contributed by atoms with Crippen molar-refractivity contribution in [2.24, 2.45) is 11.1 Å². The summed E-state index contributed by atoms with van der Waals surface area (Å²) in [7, 11) is 1.60. The van der Waals surface area contributed by atoms with E-state index >= 15 is 0 Å². The van der Waals surface area contributed by atoms with Crippen LogP contribution >= 0.6 is 0 Å². The lowest BCUT2D eigenvalue weighted by Crippen LogP contribution is -2.36. The Hall–Kier alpha value is -1.36. The maximum atomic E-state index is 5.67. The molecule has 102 valence electrons. The van der Waals surface area contributed by atoms with Gasteiger partial charge in [0.25, 0.3) is 0 Å². The number of ether oxygens (including phenoxy) is 1. The van der Waals surface area contributed by atoms with Crippen LogP contribution in [-0.2, 0) is 0 Å². The summed E-state index contributed by atoms with van der Waals surface area (Å²) in [6.07, 6.45) is 0.898. The third-order valence-electron chi connectivity index (χ3n) is 2.85. The summed E-state index contributed by atoms with van der Waals surface area (Å²) in [4.78, 5) is 8.54. The first-order valence-electron chi connectivity index (χ1n) is 6.23. The van der Waals surface area contributed by atoms with Crippen LogP contribution in [0.15, 0.2) is 6.07 Å². The first kappa shape index (κ1) is 14.7. The van der Waals surface area contributed by atoms with Gasteiger partial charge >= 0.3 is 0 Å². The van der Waals surface area contributed by atoms with Crippen molar-refractivity contribution in [3.05, 3.63) is 11.9 Å². The lowest BCUT2D eigenvalue weighted by molar-refractivity contribution is 0.327. The number of hydrogen-bond acceptors (Lipinski definition) is 5. The first-order chi connectivity index (χ1) is 8.36. The van der Waals surface area contributed by atoms with Crippen LogP contribution in [0.25, 0.3) is 0 Å². The summed E-state index contributed by atoms with van der Waals surface area (Å²) in [5.74, 6) is 2.05. The minimum atomic E-state index is 0.117. The number of hydrogen-bond donors (Lipinski definition) is 2. The SMILES string of the molecule is COc1cc(NC(CCN)C(C)(C)C)nc(C)n1. The fourth-order valence-electron chi connectivity index (χ4n) is 1.79. The average Bonchev–Trinajstić information content (AvgIpc) is 2.26. The molecular weight excluding hydrogens is 228 g/mol. The quantitative estimate of drug-likeness (QED) is 0.838. The monoisotopic (exact) mass is 252 g/mol. The van der Waals surface area contributed by atoms with Gasteiger partial charge in [-0.25, -0.2) is 4.98 Å². The first-order valence-corrected chi connectivity index (χ1v) is 6.23. The Bertz CT molecular complexity index is 387. The Labute approximate surface area is 109 Å². The topological polar surface area (TPSA) is 73.1 Å². The second-order valence-corrected chi connectivity index (χ2v) is 5.48. The Morgan fingerprint density at radius 1 is 1.39 bits per heavy atom. The Morgan fingerprint density at radius 3 is 2.56 bits per heavy atom. The molecule has 5 nitrogen and oxygen atoms in total. The van der Waals surface area contributed by atoms with E-state index in [0.29, 0.717) is 18.2 Å². The van der Waals surface area contributed by atoms with E-state index in [9.17, 15) is 0 Å². The van der Waals surface area contributed by atoms with Crippen molar-refractivity contribution in [3.63, 3.8) is 0 Å². The summed E-state index contributed by atoms with van der Waals surface area (Å²) >= 11 is 0. The summed E-state index contributed by atoms with van der Waals surface area (Å²) in [6, 6.07) is 2.07. The number of nitrogens with one attached hydrogen (secondary N) is 1. The van der Waals surface area contributed by atoms with Crippen LogP contribution in [0.3, 0.4) is 0 Å². The van der Waals surface area contributed by atoms with Crippen molar-refractivity contribution in [2.45, 2.75) is 40.2 Å². The van der Waals surface area contributed by atoms with Gasteiger partial charge in [-0.2, -0.15) is 4.98 Å². The highest BCUT2D eigenvalue weighted by Gasteiger charge is 2.24. The molecular formula is C13H24N4O. The van der Waals surface area contributed by atoms with Crippen molar-refractivity contribution >= 4 is 5.82 Å². The second-order valence-electron chi connectivity index (χ2n) is 5.48. The zero-order valence-electron chi connectivity index (χ0n) is 11.9. The molecule has 18 heavy (non-hydrogen) atoms. The van der Waals surface area contributed by atoms with Crippen LogP contribution in [0.1, 0.15) is 33.0 Å². The third-order valence-corrected chi connectivity index (χ3v) is 2.85. The minimum absolute atomic E-state index is 0.117. The van der Waals surface area contributed by atoms with Crippen molar-refractivity contribution in [1.29, 1.82) is 0 Å². The molecule has 5 heteroatoms. The largest absolute Gasteiger partial charge is 0.481 e. The fourth-order valence-corrected chi connectivity index (χ4v) is 1.79. The smallest absolute Gasteiger partial charge is 0.218 e. The lowest BCUT2D eigenvalue weighted by Gasteiger charge is -2.31. The molecule has 1 aromatic heterocycles. The number of nitrogens with two attached hydrogens (primary N) is 1. The molecule has 3 N–H and O–H groups in total. The molecule has 0 aliphatic rings. The molecule has 1 aromatic rings. The second kappa shape index (κ2) is 6.00. The van der Waals surface area contributed by atoms with E-state index in [2.05, 4.69) is 36.1 Å². The maximum absolute atomic E-state index is 5.67. The molecule has 0 amide bonds. The number of anilines is 1. The van der Waals surface area contributed by atoms with Crippen LogP contribution in [0.4, 0.5) is 5.82 Å². The van der Waals surface area contributed by atoms with Crippen LogP contribution in [0.2, 0.25) is 0 Å². The van der Waals surface area contributed by atoms with Gasteiger partial charge in [0.1, 0.15) is 11.6 Å². The fraction of sp³-hybridized carbons (Fsp3) is 0.692. The summed E-state index contributed by atoms with van der Waals surface area (Å²) in [5.41, 5.74) is 5.78. The van der Waals surface area contributed by atoms with Gasteiger partial charge in [0.15, 0.2) is 0 Å². The molecule has 0 spiro atoms. The zero-order chi connectivity index (χ0) is 13.8. The molecule has 0 saturated heterocycles. The highest BCUT2D eigenvalue weighted by Crippen LogP contribution is 2.25. The predicted octanol–water partition coefficient (Wildman–Crippen LogP) is 1.97. The molecule has 1 heterocycles. The maximum Gasteiger partial charge on any atom is 0.218 e. The van der Waals surface area contributed by atoms with Crippen molar-refractivity contribution in [3.8, 4) is 5.88 Å². The number of methoxy groups -OCH3 is 1. The molecule has 1 unspecified atom stereocenters. The lowest BCUT2D eigenvalue weighted by atomic mass is 9.85. The van der Waals surface area contributed by atoms with E-state index in [-0.39, 0.29) is 11.5 Å². The van der Waals surface area contributed by atoms with Gasteiger partial charge in [0.2, 0.25) is 5.88 Å². The number of nitrogens with zero attached hydrogens (tertiary/aromatic N) is 2. The average molecular weight is 252 g/mol. The molecule has 0 aliphatic carbocycles. The minimum Gasteiger partial charge on any atom is -0.481 e. The van der Waals surface area contributed by atoms with E-state index in [1.165, 1.54) is 0 Å². The standard InChI is InChI=1S/C13H24N4O/c1-9-15-11(8-12(16-9)18-5)17-10(6-7-14)13(2,3)4/h8,10H,6-7,14H2,1-5H3,(H,15,16,17). The molecule has 1 rings (SSSR count). The van der Waals surface area contributed by atoms with Crippen LogP contribution in [0, 0.1) is 12.3 Å². The normalized spacial score (nSPS) is 13.2. The third kappa shape index (κ3) is 4.14. The van der Waals surface area contributed by atoms with Gasteiger partial charge in [-0.3, -0.25) is 0 Å². The van der Waals surface area contributed by atoms with E-state index in [1.807, 2.05) is 13.0 Å². The van der Waals surface area contributed by atoms with Gasteiger partial charge in [-0.1, -0.05) is 20.8 Å². The van der Waals surface area contributed by atoms with Gasteiger partial charge < -0.3 is 15.8 Å². The predicted molar refractivity (Wildman–Crippen MR) is 73.9 cm³/mol. The van der Waals surface area contributed by atoms with E-state index in [4.69, 9.17) is 10.5 Å². The zero-order valence-corrected chi connectivity index (χ0v) is 11.9. The number of rotatable bonds is 5. The van der Waals surface area contributed by atoms with E-state index < -0.39 is 0 Å². The molecule has 0 saturated carbocycles. The Balaban J connectivity index is 2.90. The van der Waals surface area contributed by atoms with Gasteiger partial charge in [-0.15, -0.1) is 0 Å². The summed E-state index contributed by atoms with van der Waals surface area (Å²) in [6.45, 7) is 9.06. The molecule has 0 aliphatic heterocycles. The Kier molecular flexibility index (Phi) is 4.90. The van der Waals surface area contributed by atoms with Gasteiger partial charge in [0.05, 0.1) is 7.11 Å². The van der Waals surface area contributed by atoms with Crippen LogP contribution in [-0.4, -0.2) is 29.7 Å². The number of aryl methyl sites for hydroxylation is 1. The molecule has 0 bridgehead atoms. The molecule has 0 aromatic carbocycles. The summed E-state index contributed by atoms with van der Waals surface area (Å²) < 4.78 is 5.15. The molecule has 0 fully saturated rings. The van der Waals surface area contributed by atoms with Crippen LogP contribution in [0.5, 0.6) is 5.88 Å². The molecule has 1 atom stereocenters. The van der Waals surface area contributed by atoms with Crippen molar-refractivity contribution in [2.75, 3.05) is 19.0 Å². The van der Waals surface area contributed by atoms with Gasteiger partial charge in [0, 0.05) is 12.1 Å². The highest BCUT2D eigenvalue weighted by molar-refractivity contribution is 5.39.